The lowest BCUT2D eigenvalue weighted by Crippen LogP contribution is -2.54. The summed E-state index contributed by atoms with van der Waals surface area (Å²) in [6, 6.07) is 6.13. The minimum Gasteiger partial charge on any atom is -0.435 e. The van der Waals surface area contributed by atoms with Crippen molar-refractivity contribution < 1.29 is 26.7 Å². The predicted molar refractivity (Wildman–Crippen MR) is 104 cm³/mol. The molecule has 0 aliphatic carbocycles. The fourth-order valence-electron chi connectivity index (χ4n) is 5.14. The Bertz CT molecular complexity index is 785. The number of hydrogen-bond acceptors (Lipinski definition) is 5. The second-order valence-electron chi connectivity index (χ2n) is 8.20. The summed E-state index contributed by atoms with van der Waals surface area (Å²) in [4.78, 5) is 2.57. The molecule has 3 aliphatic rings. The van der Waals surface area contributed by atoms with Crippen LogP contribution in [0.3, 0.4) is 0 Å². The first kappa shape index (κ1) is 21.0. The first-order chi connectivity index (χ1) is 13.9. The van der Waals surface area contributed by atoms with E-state index in [1.807, 2.05) is 0 Å². The highest BCUT2D eigenvalue weighted by atomic mass is 32.2. The fourth-order valence-corrected chi connectivity index (χ4v) is 7.03. The molecule has 0 aromatic heterocycles. The molecule has 3 atom stereocenters. The predicted octanol–water partition coefficient (Wildman–Crippen LogP) is 3.08. The van der Waals surface area contributed by atoms with Crippen LogP contribution in [0.5, 0.6) is 5.75 Å². The molecule has 6 nitrogen and oxygen atoms in total. The van der Waals surface area contributed by atoms with Gasteiger partial charge in [-0.3, -0.25) is 0 Å². The first-order valence-electron chi connectivity index (χ1n) is 10.2. The third-order valence-electron chi connectivity index (χ3n) is 6.61. The van der Waals surface area contributed by atoms with Crippen LogP contribution in [0.1, 0.15) is 38.5 Å². The molecule has 3 saturated heterocycles. The lowest BCUT2D eigenvalue weighted by atomic mass is 9.95. The van der Waals surface area contributed by atoms with E-state index in [0.29, 0.717) is 12.1 Å². The largest absolute Gasteiger partial charge is 0.435 e. The Balaban J connectivity index is 1.47. The van der Waals surface area contributed by atoms with Gasteiger partial charge in [0.1, 0.15) is 5.75 Å². The van der Waals surface area contributed by atoms with Crippen LogP contribution in [0.15, 0.2) is 29.2 Å². The molecular weight excluding hydrogens is 402 g/mol. The van der Waals surface area contributed by atoms with E-state index in [1.54, 1.807) is 4.31 Å². The first-order valence-corrected chi connectivity index (χ1v) is 11.7. The smallest absolute Gasteiger partial charge is 0.387 e. The molecule has 9 heteroatoms. The van der Waals surface area contributed by atoms with Gasteiger partial charge in [0, 0.05) is 37.4 Å². The van der Waals surface area contributed by atoms with Crippen LogP contribution in [0.25, 0.3) is 0 Å². The molecule has 4 rings (SSSR count). The minimum atomic E-state index is -3.67. The van der Waals surface area contributed by atoms with E-state index in [1.165, 1.54) is 24.3 Å². The van der Waals surface area contributed by atoms with Crippen LogP contribution in [-0.2, 0) is 14.8 Å². The topological polar surface area (TPSA) is 59.1 Å². The van der Waals surface area contributed by atoms with Crippen LogP contribution < -0.4 is 4.74 Å². The van der Waals surface area contributed by atoms with Gasteiger partial charge in [0.2, 0.25) is 10.0 Å². The maximum absolute atomic E-state index is 13.3. The van der Waals surface area contributed by atoms with Crippen LogP contribution in [0.2, 0.25) is 0 Å². The van der Waals surface area contributed by atoms with Gasteiger partial charge in [-0.15, -0.1) is 0 Å². The van der Waals surface area contributed by atoms with E-state index in [-0.39, 0.29) is 22.7 Å². The van der Waals surface area contributed by atoms with Gasteiger partial charge in [0.25, 0.3) is 0 Å². The Morgan fingerprint density at radius 2 is 1.62 bits per heavy atom. The molecule has 0 radical (unpaired) electrons. The standard InChI is InChI=1S/C20H28F2N2O4S/c1-23(14-8-10-27-11-9-14)17-12-15-2-3-16(13-17)24(15)29(25,26)19-6-4-18(5-7-19)28-20(21)22/h4-7,14-17,20H,2-3,8-13H2,1H3/t15-,16+,17+. The van der Waals surface area contributed by atoms with E-state index < -0.39 is 16.6 Å². The van der Waals surface area contributed by atoms with E-state index in [0.717, 1.165) is 51.7 Å². The van der Waals surface area contributed by atoms with Gasteiger partial charge < -0.3 is 14.4 Å². The Hall–Kier alpha value is -1.29. The lowest BCUT2D eigenvalue weighted by Gasteiger charge is -2.44. The van der Waals surface area contributed by atoms with Gasteiger partial charge in [-0.25, -0.2) is 8.42 Å². The molecule has 29 heavy (non-hydrogen) atoms. The van der Waals surface area contributed by atoms with Crippen molar-refractivity contribution in [1.29, 1.82) is 0 Å². The molecule has 0 spiro atoms. The maximum atomic E-state index is 13.3. The number of nitrogens with zero attached hydrogens (tertiary/aromatic N) is 2. The molecule has 3 fully saturated rings. The van der Waals surface area contributed by atoms with E-state index in [4.69, 9.17) is 4.74 Å². The van der Waals surface area contributed by atoms with Crippen molar-refractivity contribution in [3.8, 4) is 5.75 Å². The number of rotatable bonds is 6. The van der Waals surface area contributed by atoms with Crippen molar-refractivity contribution in [2.45, 2.75) is 74.2 Å². The number of piperidine rings is 1. The lowest BCUT2D eigenvalue weighted by molar-refractivity contribution is -0.0498. The zero-order chi connectivity index (χ0) is 20.6. The second kappa shape index (κ2) is 8.45. The summed E-state index contributed by atoms with van der Waals surface area (Å²) in [5.41, 5.74) is 0. The zero-order valence-corrected chi connectivity index (χ0v) is 17.4. The number of halogens is 2. The number of ether oxygens (including phenoxy) is 2. The molecule has 2 bridgehead atoms. The summed E-state index contributed by atoms with van der Waals surface area (Å²) in [5, 5.41) is 0. The van der Waals surface area contributed by atoms with Crippen molar-refractivity contribution in [3.05, 3.63) is 24.3 Å². The Kier molecular flexibility index (Phi) is 6.11. The molecule has 0 N–H and O–H groups in total. The van der Waals surface area contributed by atoms with Crippen molar-refractivity contribution >= 4 is 10.0 Å². The van der Waals surface area contributed by atoms with Crippen molar-refractivity contribution in [1.82, 2.24) is 9.21 Å². The Labute approximate surface area is 170 Å². The number of fused-ring (bicyclic) bond motifs is 2. The quantitative estimate of drug-likeness (QED) is 0.694. The van der Waals surface area contributed by atoms with Gasteiger partial charge in [-0.05, 0) is 69.8 Å². The van der Waals surface area contributed by atoms with Crippen molar-refractivity contribution in [2.75, 3.05) is 20.3 Å². The van der Waals surface area contributed by atoms with Crippen LogP contribution in [0.4, 0.5) is 8.78 Å². The van der Waals surface area contributed by atoms with Crippen LogP contribution in [-0.4, -0.2) is 68.7 Å². The molecular formula is C20H28F2N2O4S. The average molecular weight is 431 g/mol. The average Bonchev–Trinajstić information content (AvgIpc) is 2.99. The molecule has 1 aromatic rings. The van der Waals surface area contributed by atoms with E-state index in [2.05, 4.69) is 16.7 Å². The minimum absolute atomic E-state index is 0.0111. The van der Waals surface area contributed by atoms with E-state index >= 15 is 0 Å². The summed E-state index contributed by atoms with van der Waals surface area (Å²) in [5.74, 6) is -0.0429. The van der Waals surface area contributed by atoms with Crippen molar-refractivity contribution in [2.24, 2.45) is 0 Å². The van der Waals surface area contributed by atoms with Gasteiger partial charge in [-0.2, -0.15) is 13.1 Å². The highest BCUT2D eigenvalue weighted by molar-refractivity contribution is 7.89. The molecule has 3 aliphatic heterocycles. The van der Waals surface area contributed by atoms with Crippen LogP contribution in [0, 0.1) is 0 Å². The summed E-state index contributed by atoms with van der Waals surface area (Å²) in [7, 11) is -1.51. The molecule has 0 saturated carbocycles. The maximum Gasteiger partial charge on any atom is 0.387 e. The highest BCUT2D eigenvalue weighted by Crippen LogP contribution is 2.41. The normalized spacial score (nSPS) is 28.9. The molecule has 162 valence electrons. The molecule has 3 heterocycles. The van der Waals surface area contributed by atoms with Gasteiger partial charge in [0.15, 0.2) is 0 Å². The Morgan fingerprint density at radius 3 is 2.17 bits per heavy atom. The summed E-state index contributed by atoms with van der Waals surface area (Å²) >= 11 is 0. The third kappa shape index (κ3) is 4.28. The number of benzene rings is 1. The number of sulfonamides is 1. The molecule has 0 amide bonds. The second-order valence-corrected chi connectivity index (χ2v) is 10.0. The number of alkyl halides is 2. The Morgan fingerprint density at radius 1 is 1.03 bits per heavy atom. The summed E-state index contributed by atoms with van der Waals surface area (Å²) in [6.45, 7) is -1.35. The zero-order valence-electron chi connectivity index (χ0n) is 16.5. The van der Waals surface area contributed by atoms with Crippen LogP contribution >= 0.6 is 0 Å². The monoisotopic (exact) mass is 430 g/mol. The summed E-state index contributed by atoms with van der Waals surface area (Å²) < 4.78 is 62.7. The fraction of sp³-hybridized carbons (Fsp3) is 0.700. The number of hydrogen-bond donors (Lipinski definition) is 0. The van der Waals surface area contributed by atoms with Gasteiger partial charge in [0.05, 0.1) is 4.90 Å². The molecule has 1 aromatic carbocycles. The van der Waals surface area contributed by atoms with E-state index in [9.17, 15) is 17.2 Å². The summed E-state index contributed by atoms with van der Waals surface area (Å²) in [6.07, 6.45) is 5.45. The van der Waals surface area contributed by atoms with Crippen molar-refractivity contribution in [3.63, 3.8) is 0 Å². The highest BCUT2D eigenvalue weighted by Gasteiger charge is 2.48. The van der Waals surface area contributed by atoms with Gasteiger partial charge in [-0.1, -0.05) is 0 Å². The SMILES string of the molecule is CN(C1CCOCC1)[C@H]1C[C@H]2CC[C@@H](C1)N2S(=O)(=O)c1ccc(OC(F)F)cc1. The van der Waals surface area contributed by atoms with Gasteiger partial charge >= 0.3 is 6.61 Å². The molecule has 0 unspecified atom stereocenters. The third-order valence-corrected chi connectivity index (χ3v) is 8.63.